The Bertz CT molecular complexity index is 547. The van der Waals surface area contributed by atoms with Crippen LogP contribution in [0.25, 0.3) is 0 Å². The lowest BCUT2D eigenvalue weighted by atomic mass is 10.1. The van der Waals surface area contributed by atoms with Crippen LogP contribution >= 0.6 is 22.6 Å². The number of methoxy groups -OCH3 is 1. The first-order valence-corrected chi connectivity index (χ1v) is 6.82. The molecule has 0 aliphatic rings. The average Bonchev–Trinajstić information content (AvgIpc) is 2.46. The summed E-state index contributed by atoms with van der Waals surface area (Å²) in [6, 6.07) is 14.6. The maximum absolute atomic E-state index is 11.9. The number of Topliss-reactive ketones (excluding diaryl/α,β-unsaturated/α-hetero) is 1. The summed E-state index contributed by atoms with van der Waals surface area (Å²) in [7, 11) is 1.61. The molecule has 0 bridgehead atoms. The number of hydrogen-bond acceptors (Lipinski definition) is 3. The van der Waals surface area contributed by atoms with Gasteiger partial charge in [0.1, 0.15) is 11.5 Å². The van der Waals surface area contributed by atoms with Gasteiger partial charge in [-0.25, -0.2) is 0 Å². The highest BCUT2D eigenvalue weighted by Crippen LogP contribution is 2.17. The van der Waals surface area contributed by atoms with Crippen LogP contribution in [0.15, 0.2) is 48.5 Å². The summed E-state index contributed by atoms with van der Waals surface area (Å²) in [5, 5.41) is 0. The van der Waals surface area contributed by atoms with Crippen LogP contribution in [0.1, 0.15) is 10.4 Å². The van der Waals surface area contributed by atoms with Gasteiger partial charge in [0, 0.05) is 9.13 Å². The molecule has 0 fully saturated rings. The van der Waals surface area contributed by atoms with Gasteiger partial charge in [0.25, 0.3) is 0 Å². The molecule has 0 amide bonds. The van der Waals surface area contributed by atoms with Crippen LogP contribution in [0.3, 0.4) is 0 Å². The molecule has 2 aromatic carbocycles. The van der Waals surface area contributed by atoms with Crippen LogP contribution in [0.5, 0.6) is 11.5 Å². The Morgan fingerprint density at radius 1 is 1.00 bits per heavy atom. The maximum atomic E-state index is 11.9. The van der Waals surface area contributed by atoms with E-state index in [9.17, 15) is 4.79 Å². The Morgan fingerprint density at radius 2 is 1.58 bits per heavy atom. The molecule has 0 heterocycles. The van der Waals surface area contributed by atoms with Crippen molar-refractivity contribution < 1.29 is 14.3 Å². The Kier molecular flexibility index (Phi) is 4.79. The fraction of sp³-hybridized carbons (Fsp3) is 0.133. The smallest absolute Gasteiger partial charge is 0.200 e. The monoisotopic (exact) mass is 368 g/mol. The lowest BCUT2D eigenvalue weighted by molar-refractivity contribution is 0.0921. The van der Waals surface area contributed by atoms with Crippen molar-refractivity contribution in [3.05, 3.63) is 57.7 Å². The van der Waals surface area contributed by atoms with Crippen LogP contribution in [-0.4, -0.2) is 19.5 Å². The summed E-state index contributed by atoms with van der Waals surface area (Å²) in [4.78, 5) is 11.9. The van der Waals surface area contributed by atoms with Crippen LogP contribution in [0.2, 0.25) is 0 Å². The molecule has 0 aliphatic carbocycles. The maximum Gasteiger partial charge on any atom is 0.200 e. The fourth-order valence-corrected chi connectivity index (χ4v) is 1.90. The Balaban J connectivity index is 1.94. The van der Waals surface area contributed by atoms with E-state index in [1.807, 2.05) is 24.3 Å². The highest BCUT2D eigenvalue weighted by molar-refractivity contribution is 14.1. The highest BCUT2D eigenvalue weighted by atomic mass is 127. The molecular weight excluding hydrogens is 355 g/mol. The second-order valence-electron chi connectivity index (χ2n) is 3.89. The third-order valence-electron chi connectivity index (χ3n) is 2.60. The van der Waals surface area contributed by atoms with Crippen molar-refractivity contribution in [3.8, 4) is 11.5 Å². The van der Waals surface area contributed by atoms with E-state index in [0.29, 0.717) is 11.3 Å². The fourth-order valence-electron chi connectivity index (χ4n) is 1.54. The first kappa shape index (κ1) is 13.9. The Morgan fingerprint density at radius 3 is 2.16 bits per heavy atom. The summed E-state index contributed by atoms with van der Waals surface area (Å²) in [5.74, 6) is 1.38. The van der Waals surface area contributed by atoms with Gasteiger partial charge >= 0.3 is 0 Å². The van der Waals surface area contributed by atoms with E-state index in [0.717, 1.165) is 9.32 Å². The first-order chi connectivity index (χ1) is 9.19. The van der Waals surface area contributed by atoms with E-state index in [-0.39, 0.29) is 12.4 Å². The van der Waals surface area contributed by atoms with Crippen LogP contribution < -0.4 is 9.47 Å². The molecular formula is C15H13IO3. The number of benzene rings is 2. The molecule has 19 heavy (non-hydrogen) atoms. The quantitative estimate of drug-likeness (QED) is 0.598. The van der Waals surface area contributed by atoms with E-state index in [1.165, 1.54) is 0 Å². The zero-order valence-electron chi connectivity index (χ0n) is 10.4. The van der Waals surface area contributed by atoms with Crippen molar-refractivity contribution in [1.29, 1.82) is 0 Å². The van der Waals surface area contributed by atoms with Gasteiger partial charge in [0.15, 0.2) is 12.4 Å². The second-order valence-corrected chi connectivity index (χ2v) is 5.14. The number of halogens is 1. The zero-order chi connectivity index (χ0) is 13.7. The van der Waals surface area contributed by atoms with Crippen LogP contribution in [-0.2, 0) is 0 Å². The van der Waals surface area contributed by atoms with E-state index < -0.39 is 0 Å². The largest absolute Gasteiger partial charge is 0.497 e. The van der Waals surface area contributed by atoms with Crippen molar-refractivity contribution in [3.63, 3.8) is 0 Å². The topological polar surface area (TPSA) is 35.5 Å². The molecule has 2 rings (SSSR count). The minimum Gasteiger partial charge on any atom is -0.497 e. The van der Waals surface area contributed by atoms with E-state index >= 15 is 0 Å². The van der Waals surface area contributed by atoms with Gasteiger partial charge < -0.3 is 9.47 Å². The highest BCUT2D eigenvalue weighted by Gasteiger charge is 2.06. The number of ketones is 1. The third kappa shape index (κ3) is 3.96. The van der Waals surface area contributed by atoms with Gasteiger partial charge in [-0.1, -0.05) is 12.1 Å². The van der Waals surface area contributed by atoms with Crippen LogP contribution in [0, 0.1) is 3.57 Å². The number of hydrogen-bond donors (Lipinski definition) is 0. The molecule has 0 saturated carbocycles. The molecule has 0 spiro atoms. The van der Waals surface area contributed by atoms with Crippen molar-refractivity contribution >= 4 is 28.4 Å². The molecule has 4 heteroatoms. The number of carbonyl (C=O) groups excluding carboxylic acids is 1. The van der Waals surface area contributed by atoms with Gasteiger partial charge in [-0.05, 0) is 59.0 Å². The molecule has 0 unspecified atom stereocenters. The Labute approximate surface area is 125 Å². The van der Waals surface area contributed by atoms with Crippen molar-refractivity contribution in [2.24, 2.45) is 0 Å². The SMILES string of the molecule is COc1ccc(OCC(=O)c2ccc(I)cc2)cc1. The molecule has 98 valence electrons. The van der Waals surface area contributed by atoms with Crippen molar-refractivity contribution in [2.75, 3.05) is 13.7 Å². The molecule has 2 aromatic rings. The standard InChI is InChI=1S/C15H13IO3/c1-18-13-6-8-14(9-7-13)19-10-15(17)11-2-4-12(16)5-3-11/h2-9H,10H2,1H3. The predicted octanol–water partition coefficient (Wildman–Crippen LogP) is 3.56. The minimum atomic E-state index is -0.0350. The summed E-state index contributed by atoms with van der Waals surface area (Å²) < 4.78 is 11.6. The van der Waals surface area contributed by atoms with Gasteiger partial charge in [-0.2, -0.15) is 0 Å². The summed E-state index contributed by atoms with van der Waals surface area (Å²) in [6.45, 7) is 0.0346. The average molecular weight is 368 g/mol. The number of ether oxygens (including phenoxy) is 2. The van der Waals surface area contributed by atoms with Crippen molar-refractivity contribution in [1.82, 2.24) is 0 Å². The van der Waals surface area contributed by atoms with E-state index in [2.05, 4.69) is 22.6 Å². The minimum absolute atomic E-state index is 0.0346. The number of rotatable bonds is 5. The molecule has 0 N–H and O–H groups in total. The summed E-state index contributed by atoms with van der Waals surface area (Å²) >= 11 is 2.20. The van der Waals surface area contributed by atoms with Gasteiger partial charge in [-0.3, -0.25) is 4.79 Å². The first-order valence-electron chi connectivity index (χ1n) is 5.74. The zero-order valence-corrected chi connectivity index (χ0v) is 12.6. The second kappa shape index (κ2) is 6.56. The normalized spacial score (nSPS) is 10.0. The molecule has 0 radical (unpaired) electrons. The summed E-state index contributed by atoms with van der Waals surface area (Å²) in [6.07, 6.45) is 0. The van der Waals surface area contributed by atoms with Crippen LogP contribution in [0.4, 0.5) is 0 Å². The predicted molar refractivity (Wildman–Crippen MR) is 82.0 cm³/mol. The van der Waals surface area contributed by atoms with Gasteiger partial charge in [0.2, 0.25) is 0 Å². The molecule has 0 saturated heterocycles. The van der Waals surface area contributed by atoms with Gasteiger partial charge in [0.05, 0.1) is 7.11 Å². The lowest BCUT2D eigenvalue weighted by Gasteiger charge is -2.06. The number of carbonyl (C=O) groups is 1. The van der Waals surface area contributed by atoms with Gasteiger partial charge in [-0.15, -0.1) is 0 Å². The molecule has 0 aliphatic heterocycles. The van der Waals surface area contributed by atoms with Crippen molar-refractivity contribution in [2.45, 2.75) is 0 Å². The van der Waals surface area contributed by atoms with E-state index in [1.54, 1.807) is 31.4 Å². The molecule has 0 aromatic heterocycles. The molecule has 0 atom stereocenters. The lowest BCUT2D eigenvalue weighted by Crippen LogP contribution is -2.11. The van der Waals surface area contributed by atoms with E-state index in [4.69, 9.17) is 9.47 Å². The third-order valence-corrected chi connectivity index (χ3v) is 3.31. The summed E-state index contributed by atoms with van der Waals surface area (Å²) in [5.41, 5.74) is 0.661. The Hall–Kier alpha value is -1.56. The molecule has 3 nitrogen and oxygen atoms in total.